The molecule has 0 fully saturated rings. The lowest BCUT2D eigenvalue weighted by atomic mass is 10.0. The first kappa shape index (κ1) is 13.3. The van der Waals surface area contributed by atoms with Crippen LogP contribution in [0.4, 0.5) is 4.39 Å². The zero-order valence-corrected chi connectivity index (χ0v) is 11.2. The van der Waals surface area contributed by atoms with Crippen molar-refractivity contribution >= 4 is 22.1 Å². The van der Waals surface area contributed by atoms with E-state index in [-0.39, 0.29) is 11.6 Å². The molecule has 0 radical (unpaired) electrons. The molecule has 0 aliphatic rings. The Kier molecular flexibility index (Phi) is 3.65. The highest BCUT2D eigenvalue weighted by Gasteiger charge is 2.07. The van der Waals surface area contributed by atoms with Crippen LogP contribution in [0.5, 0.6) is 5.75 Å². The lowest BCUT2D eigenvalue weighted by molar-refractivity contribution is -0.112. The van der Waals surface area contributed by atoms with Gasteiger partial charge in [0, 0.05) is 5.39 Å². The number of methoxy groups -OCH3 is 1. The molecule has 19 heavy (non-hydrogen) atoms. The Labute approximate surface area is 111 Å². The molecule has 0 aromatic heterocycles. The molecule has 2 aromatic carbocycles. The highest BCUT2D eigenvalue weighted by Crippen LogP contribution is 2.27. The average molecular weight is 258 g/mol. The summed E-state index contributed by atoms with van der Waals surface area (Å²) in [6.45, 7) is 3.28. The van der Waals surface area contributed by atoms with Crippen LogP contribution in [0.2, 0.25) is 0 Å². The van der Waals surface area contributed by atoms with Crippen LogP contribution in [0.1, 0.15) is 19.4 Å². The lowest BCUT2D eigenvalue weighted by Gasteiger charge is -2.07. The summed E-state index contributed by atoms with van der Waals surface area (Å²) in [4.78, 5) is 11.1. The molecule has 2 rings (SSSR count). The van der Waals surface area contributed by atoms with Crippen molar-refractivity contribution in [2.24, 2.45) is 0 Å². The summed E-state index contributed by atoms with van der Waals surface area (Å²) < 4.78 is 19.2. The minimum absolute atomic E-state index is 0.0484. The molecular formula is C16H15FO2. The van der Waals surface area contributed by atoms with Gasteiger partial charge in [0.1, 0.15) is 11.6 Å². The van der Waals surface area contributed by atoms with E-state index >= 15 is 0 Å². The summed E-state index contributed by atoms with van der Waals surface area (Å²) in [5, 5.41) is 1.30. The van der Waals surface area contributed by atoms with Crippen molar-refractivity contribution in [1.82, 2.24) is 0 Å². The van der Waals surface area contributed by atoms with Gasteiger partial charge in [-0.3, -0.25) is 4.79 Å². The number of hydrogen-bond donors (Lipinski definition) is 0. The SMILES string of the molecule is COc1ccc2cc(/C(C)=C\C(C)=O)cc(F)c2c1. The number of benzene rings is 2. The third-order valence-corrected chi connectivity index (χ3v) is 2.99. The number of rotatable bonds is 3. The van der Waals surface area contributed by atoms with Gasteiger partial charge in [-0.2, -0.15) is 0 Å². The molecule has 0 aliphatic heterocycles. The van der Waals surface area contributed by atoms with E-state index in [1.165, 1.54) is 19.1 Å². The molecule has 2 aromatic rings. The Morgan fingerprint density at radius 2 is 1.95 bits per heavy atom. The van der Waals surface area contributed by atoms with Gasteiger partial charge in [0.25, 0.3) is 0 Å². The van der Waals surface area contributed by atoms with Crippen molar-refractivity contribution in [1.29, 1.82) is 0 Å². The number of halogens is 1. The van der Waals surface area contributed by atoms with Crippen LogP contribution in [0.25, 0.3) is 16.3 Å². The number of allylic oxidation sites excluding steroid dienone is 2. The smallest absolute Gasteiger partial charge is 0.152 e. The minimum Gasteiger partial charge on any atom is -0.497 e. The average Bonchev–Trinajstić information content (AvgIpc) is 2.37. The normalized spacial score (nSPS) is 11.7. The fraction of sp³-hybridized carbons (Fsp3) is 0.188. The standard InChI is InChI=1S/C16H15FO2/c1-10(6-11(2)18)13-7-12-4-5-14(19-3)9-15(12)16(17)8-13/h4-9H,1-3H3/b10-6-. The second-order valence-electron chi connectivity index (χ2n) is 4.48. The lowest BCUT2D eigenvalue weighted by Crippen LogP contribution is -1.90. The van der Waals surface area contributed by atoms with Crippen molar-refractivity contribution < 1.29 is 13.9 Å². The van der Waals surface area contributed by atoms with Crippen molar-refractivity contribution in [3.05, 3.63) is 47.8 Å². The Morgan fingerprint density at radius 1 is 1.21 bits per heavy atom. The second kappa shape index (κ2) is 5.22. The van der Waals surface area contributed by atoms with Gasteiger partial charge >= 0.3 is 0 Å². The molecule has 0 bridgehead atoms. The van der Waals surface area contributed by atoms with Crippen LogP contribution in [-0.2, 0) is 4.79 Å². The van der Waals surface area contributed by atoms with Crippen LogP contribution in [-0.4, -0.2) is 12.9 Å². The number of carbonyl (C=O) groups excluding carboxylic acids is 1. The summed E-state index contributed by atoms with van der Waals surface area (Å²) in [5.74, 6) is 0.255. The molecule has 0 amide bonds. The van der Waals surface area contributed by atoms with Crippen molar-refractivity contribution in [3.8, 4) is 5.75 Å². The van der Waals surface area contributed by atoms with Crippen LogP contribution in [0.15, 0.2) is 36.4 Å². The van der Waals surface area contributed by atoms with Crippen molar-refractivity contribution in [2.75, 3.05) is 7.11 Å². The van der Waals surface area contributed by atoms with Crippen LogP contribution < -0.4 is 4.74 Å². The van der Waals surface area contributed by atoms with Crippen LogP contribution in [0, 0.1) is 5.82 Å². The predicted octanol–water partition coefficient (Wildman–Crippen LogP) is 3.98. The molecule has 0 N–H and O–H groups in total. The van der Waals surface area contributed by atoms with E-state index in [1.54, 1.807) is 26.2 Å². The Hall–Kier alpha value is -2.16. The van der Waals surface area contributed by atoms with Crippen molar-refractivity contribution in [3.63, 3.8) is 0 Å². The molecule has 3 heteroatoms. The van der Waals surface area contributed by atoms with Crippen LogP contribution in [0.3, 0.4) is 0 Å². The molecule has 2 nitrogen and oxygen atoms in total. The fourth-order valence-corrected chi connectivity index (χ4v) is 2.03. The molecule has 0 saturated carbocycles. The second-order valence-corrected chi connectivity index (χ2v) is 4.48. The van der Waals surface area contributed by atoms with E-state index in [1.807, 2.05) is 12.1 Å². The largest absolute Gasteiger partial charge is 0.497 e. The van der Waals surface area contributed by atoms with Gasteiger partial charge in [-0.25, -0.2) is 4.39 Å². The molecule has 0 aliphatic carbocycles. The Balaban J connectivity index is 2.60. The number of ketones is 1. The molecule has 98 valence electrons. The van der Waals surface area contributed by atoms with E-state index in [2.05, 4.69) is 0 Å². The van der Waals surface area contributed by atoms with Gasteiger partial charge in [-0.15, -0.1) is 0 Å². The Morgan fingerprint density at radius 3 is 2.58 bits per heavy atom. The summed E-state index contributed by atoms with van der Waals surface area (Å²) >= 11 is 0. The summed E-state index contributed by atoms with van der Waals surface area (Å²) in [6.07, 6.45) is 1.50. The third-order valence-electron chi connectivity index (χ3n) is 2.99. The van der Waals surface area contributed by atoms with E-state index < -0.39 is 0 Å². The summed E-state index contributed by atoms with van der Waals surface area (Å²) in [6, 6.07) is 8.57. The summed E-state index contributed by atoms with van der Waals surface area (Å²) in [5.41, 5.74) is 1.47. The number of ether oxygens (including phenoxy) is 1. The Bertz CT molecular complexity index is 672. The monoisotopic (exact) mass is 258 g/mol. The van der Waals surface area contributed by atoms with E-state index in [9.17, 15) is 9.18 Å². The highest BCUT2D eigenvalue weighted by atomic mass is 19.1. The van der Waals surface area contributed by atoms with Gasteiger partial charge in [0.05, 0.1) is 7.11 Å². The molecule has 0 unspecified atom stereocenters. The number of hydrogen-bond acceptors (Lipinski definition) is 2. The van der Waals surface area contributed by atoms with Gasteiger partial charge < -0.3 is 4.74 Å². The first-order valence-corrected chi connectivity index (χ1v) is 5.98. The third kappa shape index (κ3) is 2.81. The van der Waals surface area contributed by atoms with Gasteiger partial charge in [-0.05, 0) is 60.7 Å². The first-order valence-electron chi connectivity index (χ1n) is 5.98. The van der Waals surface area contributed by atoms with Gasteiger partial charge in [0.15, 0.2) is 5.78 Å². The maximum atomic E-state index is 14.1. The molecule has 0 spiro atoms. The van der Waals surface area contributed by atoms with Crippen LogP contribution >= 0.6 is 0 Å². The molecule has 0 heterocycles. The first-order chi connectivity index (χ1) is 9.01. The van der Waals surface area contributed by atoms with E-state index in [4.69, 9.17) is 4.74 Å². The minimum atomic E-state index is -0.317. The predicted molar refractivity (Wildman–Crippen MR) is 74.8 cm³/mol. The topological polar surface area (TPSA) is 26.3 Å². The van der Waals surface area contributed by atoms with Gasteiger partial charge in [0.2, 0.25) is 0 Å². The number of carbonyl (C=O) groups is 1. The molecule has 0 saturated heterocycles. The molecular weight excluding hydrogens is 243 g/mol. The molecule has 0 atom stereocenters. The zero-order chi connectivity index (χ0) is 14.0. The van der Waals surface area contributed by atoms with Crippen molar-refractivity contribution in [2.45, 2.75) is 13.8 Å². The maximum absolute atomic E-state index is 14.1. The maximum Gasteiger partial charge on any atom is 0.152 e. The van der Waals surface area contributed by atoms with E-state index in [0.29, 0.717) is 16.7 Å². The zero-order valence-electron chi connectivity index (χ0n) is 11.2. The van der Waals surface area contributed by atoms with E-state index in [0.717, 1.165) is 11.0 Å². The van der Waals surface area contributed by atoms with Gasteiger partial charge in [-0.1, -0.05) is 6.07 Å². The number of fused-ring (bicyclic) bond motifs is 1. The summed E-state index contributed by atoms with van der Waals surface area (Å²) in [7, 11) is 1.55. The highest BCUT2D eigenvalue weighted by molar-refractivity contribution is 5.96. The fourth-order valence-electron chi connectivity index (χ4n) is 2.03. The quantitative estimate of drug-likeness (QED) is 0.778.